The number of carbonyl (C=O) groups excluding carboxylic acids is 1. The van der Waals surface area contributed by atoms with Gasteiger partial charge in [0.05, 0.1) is 7.11 Å². The summed E-state index contributed by atoms with van der Waals surface area (Å²) in [4.78, 5) is 16.2. The topological polar surface area (TPSA) is 110 Å². The molecular formula is C26H29FN4O5S. The fourth-order valence-electron chi connectivity index (χ4n) is 3.74. The van der Waals surface area contributed by atoms with Crippen LogP contribution < -0.4 is 23.8 Å². The molecule has 1 aromatic heterocycles. The summed E-state index contributed by atoms with van der Waals surface area (Å²) in [7, 11) is -2.68. The highest BCUT2D eigenvalue weighted by Gasteiger charge is 2.37. The van der Waals surface area contributed by atoms with Crippen molar-refractivity contribution in [1.29, 1.82) is 0 Å². The second kappa shape index (κ2) is 10.3. The van der Waals surface area contributed by atoms with Gasteiger partial charge in [-0.2, -0.15) is 8.42 Å². The number of amides is 1. The summed E-state index contributed by atoms with van der Waals surface area (Å²) < 4.78 is 53.9. The molecule has 1 saturated heterocycles. The standard InChI is InChI=1S/C26H29FN4O5S/c1-26(2,3)19-7-10-23(29-14-19)28-13-18-11-21(27)25(31-15-24(32)30-37(31,33)34)22(12-18)36-16-17-5-8-20(35-4)9-6-17/h5-12,14H,13,15-16H2,1-4H3,(H,28,29)(H,30,32). The van der Waals surface area contributed by atoms with Gasteiger partial charge in [-0.25, -0.2) is 18.4 Å². The van der Waals surface area contributed by atoms with E-state index >= 15 is 4.39 Å². The number of hydrogen-bond acceptors (Lipinski definition) is 7. The van der Waals surface area contributed by atoms with E-state index in [1.807, 2.05) is 16.9 Å². The van der Waals surface area contributed by atoms with E-state index in [2.05, 4.69) is 31.1 Å². The number of rotatable bonds is 8. The Morgan fingerprint density at radius 1 is 1.11 bits per heavy atom. The second-order valence-corrected chi connectivity index (χ2v) is 11.2. The first kappa shape index (κ1) is 26.2. The van der Waals surface area contributed by atoms with Crippen LogP contribution in [0.2, 0.25) is 0 Å². The predicted molar refractivity (Wildman–Crippen MR) is 138 cm³/mol. The fraction of sp³-hybridized carbons (Fsp3) is 0.308. The van der Waals surface area contributed by atoms with Gasteiger partial charge in [0.25, 0.3) is 5.91 Å². The quantitative estimate of drug-likeness (QED) is 0.456. The summed E-state index contributed by atoms with van der Waals surface area (Å²) >= 11 is 0. The molecule has 2 N–H and O–H groups in total. The van der Waals surface area contributed by atoms with Crippen LogP contribution in [0.4, 0.5) is 15.9 Å². The summed E-state index contributed by atoms with van der Waals surface area (Å²) in [6, 6.07) is 13.7. The number of carbonyl (C=O) groups is 1. The number of nitrogens with zero attached hydrogens (tertiary/aromatic N) is 2. The number of anilines is 2. The van der Waals surface area contributed by atoms with Crippen LogP contribution in [0.1, 0.15) is 37.5 Å². The number of ether oxygens (including phenoxy) is 2. The van der Waals surface area contributed by atoms with Crippen molar-refractivity contribution in [1.82, 2.24) is 9.71 Å². The molecule has 0 bridgehead atoms. The van der Waals surface area contributed by atoms with Crippen LogP contribution in [0.5, 0.6) is 11.5 Å². The van der Waals surface area contributed by atoms with E-state index in [9.17, 15) is 13.2 Å². The molecule has 1 aliphatic heterocycles. The van der Waals surface area contributed by atoms with Crippen LogP contribution in [0.15, 0.2) is 54.7 Å². The first-order valence-electron chi connectivity index (χ1n) is 11.6. The molecule has 0 radical (unpaired) electrons. The molecule has 2 aromatic carbocycles. The van der Waals surface area contributed by atoms with Gasteiger partial charge in [-0.3, -0.25) is 4.79 Å². The van der Waals surface area contributed by atoms with Crippen LogP contribution in [-0.2, 0) is 33.6 Å². The molecule has 9 nitrogen and oxygen atoms in total. The maximum Gasteiger partial charge on any atom is 0.326 e. The number of hydrogen-bond donors (Lipinski definition) is 2. The largest absolute Gasteiger partial charge is 0.497 e. The van der Waals surface area contributed by atoms with Crippen LogP contribution in [0.25, 0.3) is 0 Å². The van der Waals surface area contributed by atoms with Gasteiger partial charge in [-0.05, 0) is 52.4 Å². The van der Waals surface area contributed by atoms with E-state index in [-0.39, 0.29) is 30.0 Å². The predicted octanol–water partition coefficient (Wildman–Crippen LogP) is 3.90. The highest BCUT2D eigenvalue weighted by Crippen LogP contribution is 2.36. The van der Waals surface area contributed by atoms with Gasteiger partial charge >= 0.3 is 10.2 Å². The molecule has 37 heavy (non-hydrogen) atoms. The van der Waals surface area contributed by atoms with Crippen molar-refractivity contribution in [2.24, 2.45) is 0 Å². The minimum atomic E-state index is -4.24. The first-order valence-corrected chi connectivity index (χ1v) is 13.0. The average Bonchev–Trinajstić information content (AvgIpc) is 3.12. The van der Waals surface area contributed by atoms with Crippen LogP contribution in [0, 0.1) is 5.82 Å². The minimum absolute atomic E-state index is 0.0104. The molecule has 0 spiro atoms. The van der Waals surface area contributed by atoms with Crippen LogP contribution in [-0.4, -0.2) is 33.0 Å². The molecule has 196 valence electrons. The van der Waals surface area contributed by atoms with Crippen molar-refractivity contribution in [2.45, 2.75) is 39.3 Å². The maximum absolute atomic E-state index is 15.4. The van der Waals surface area contributed by atoms with Gasteiger partial charge < -0.3 is 14.8 Å². The smallest absolute Gasteiger partial charge is 0.326 e. The van der Waals surface area contributed by atoms with Gasteiger partial charge in [0.1, 0.15) is 36.2 Å². The minimum Gasteiger partial charge on any atom is -0.497 e. The fourth-order valence-corrected chi connectivity index (χ4v) is 4.91. The molecule has 11 heteroatoms. The SMILES string of the molecule is COc1ccc(COc2cc(CNc3ccc(C(C)(C)C)cn3)cc(F)c2N2CC(=O)NS2(=O)=O)cc1. The summed E-state index contributed by atoms with van der Waals surface area (Å²) in [5.74, 6) is -0.324. The van der Waals surface area contributed by atoms with E-state index in [1.165, 1.54) is 6.07 Å². The Bertz CT molecular complexity index is 1390. The number of halogens is 1. The van der Waals surface area contributed by atoms with Crippen molar-refractivity contribution in [2.75, 3.05) is 23.3 Å². The van der Waals surface area contributed by atoms with Crippen molar-refractivity contribution < 1.29 is 27.1 Å². The Kier molecular flexibility index (Phi) is 7.26. The lowest BCUT2D eigenvalue weighted by Crippen LogP contribution is -2.30. The van der Waals surface area contributed by atoms with Crippen LogP contribution >= 0.6 is 0 Å². The number of benzene rings is 2. The van der Waals surface area contributed by atoms with Gasteiger partial charge in [-0.1, -0.05) is 39.0 Å². The van der Waals surface area contributed by atoms with E-state index in [0.717, 1.165) is 11.1 Å². The summed E-state index contributed by atoms with van der Waals surface area (Å²) in [5.41, 5.74) is 1.98. The molecule has 0 atom stereocenters. The third-order valence-electron chi connectivity index (χ3n) is 5.81. The first-order chi connectivity index (χ1) is 17.5. The zero-order chi connectivity index (χ0) is 26.8. The number of nitrogens with one attached hydrogen (secondary N) is 2. The molecule has 0 unspecified atom stereocenters. The lowest BCUT2D eigenvalue weighted by molar-refractivity contribution is -0.117. The second-order valence-electron chi connectivity index (χ2n) is 9.63. The van der Waals surface area contributed by atoms with Crippen molar-refractivity contribution in [3.8, 4) is 11.5 Å². The Labute approximate surface area is 215 Å². The third-order valence-corrected chi connectivity index (χ3v) is 7.19. The molecular weight excluding hydrogens is 499 g/mol. The van der Waals surface area contributed by atoms with E-state index < -0.39 is 28.5 Å². The van der Waals surface area contributed by atoms with E-state index in [4.69, 9.17) is 9.47 Å². The molecule has 4 rings (SSSR count). The Hall–Kier alpha value is -3.86. The average molecular weight is 529 g/mol. The summed E-state index contributed by atoms with van der Waals surface area (Å²) in [6.07, 6.45) is 1.79. The molecule has 0 saturated carbocycles. The van der Waals surface area contributed by atoms with Gasteiger partial charge in [0.2, 0.25) is 0 Å². The molecule has 3 aromatic rings. The van der Waals surface area contributed by atoms with E-state index in [0.29, 0.717) is 21.4 Å². The lowest BCUT2D eigenvalue weighted by Gasteiger charge is -2.21. The highest BCUT2D eigenvalue weighted by atomic mass is 32.2. The summed E-state index contributed by atoms with van der Waals surface area (Å²) in [5, 5.41) is 3.15. The Balaban J connectivity index is 1.60. The lowest BCUT2D eigenvalue weighted by atomic mass is 9.88. The zero-order valence-corrected chi connectivity index (χ0v) is 21.9. The number of methoxy groups -OCH3 is 1. The molecule has 1 aliphatic rings. The van der Waals surface area contributed by atoms with Crippen molar-refractivity contribution >= 4 is 27.6 Å². The van der Waals surface area contributed by atoms with Crippen molar-refractivity contribution in [3.63, 3.8) is 0 Å². The number of aromatic nitrogens is 1. The van der Waals surface area contributed by atoms with Crippen molar-refractivity contribution in [3.05, 3.63) is 77.2 Å². The molecule has 1 fully saturated rings. The van der Waals surface area contributed by atoms with E-state index in [1.54, 1.807) is 43.6 Å². The van der Waals surface area contributed by atoms with Gasteiger partial charge in [0, 0.05) is 12.7 Å². The highest BCUT2D eigenvalue weighted by molar-refractivity contribution is 7.92. The third kappa shape index (κ3) is 6.11. The summed E-state index contributed by atoms with van der Waals surface area (Å²) in [6.45, 7) is 6.00. The molecule has 0 aliphatic carbocycles. The Morgan fingerprint density at radius 2 is 1.84 bits per heavy atom. The monoisotopic (exact) mass is 528 g/mol. The molecule has 2 heterocycles. The van der Waals surface area contributed by atoms with Crippen LogP contribution in [0.3, 0.4) is 0 Å². The van der Waals surface area contributed by atoms with Gasteiger partial charge in [0.15, 0.2) is 5.82 Å². The molecule has 1 amide bonds. The Morgan fingerprint density at radius 3 is 2.41 bits per heavy atom. The normalized spacial score (nSPS) is 14.8. The maximum atomic E-state index is 15.4. The zero-order valence-electron chi connectivity index (χ0n) is 21.0. The number of pyridine rings is 1. The van der Waals surface area contributed by atoms with Gasteiger partial charge in [-0.15, -0.1) is 0 Å².